The van der Waals surface area contributed by atoms with E-state index in [9.17, 15) is 9.90 Å². The molecule has 0 aliphatic carbocycles. The summed E-state index contributed by atoms with van der Waals surface area (Å²) in [5, 5.41) is 11.7. The molecule has 0 aliphatic heterocycles. The molecule has 4 nitrogen and oxygen atoms in total. The van der Waals surface area contributed by atoms with Gasteiger partial charge in [0.05, 0.1) is 5.39 Å². The molecule has 0 unspecified atom stereocenters. The van der Waals surface area contributed by atoms with Gasteiger partial charge >= 0.3 is 5.63 Å². The third-order valence-corrected chi connectivity index (χ3v) is 3.26. The van der Waals surface area contributed by atoms with Gasteiger partial charge in [-0.2, -0.15) is 0 Å². The second-order valence-corrected chi connectivity index (χ2v) is 5.19. The summed E-state index contributed by atoms with van der Waals surface area (Å²) in [6, 6.07) is 10.6. The summed E-state index contributed by atoms with van der Waals surface area (Å²) < 4.78 is 5.29. The number of hydrogen-bond acceptors (Lipinski definition) is 4. The average Bonchev–Trinajstić information content (AvgIpc) is 2.38. The summed E-state index contributed by atoms with van der Waals surface area (Å²) in [7, 11) is 3.96. The maximum Gasteiger partial charge on any atom is 0.344 e. The van der Waals surface area contributed by atoms with Gasteiger partial charge in [-0.1, -0.05) is 12.1 Å². The lowest BCUT2D eigenvalue weighted by Crippen LogP contribution is -2.11. The molecule has 2 aromatic carbocycles. The highest BCUT2D eigenvalue weighted by Crippen LogP contribution is 2.26. The van der Waals surface area contributed by atoms with Crippen LogP contribution in [0, 0.1) is 0 Å². The molecule has 0 fully saturated rings. The van der Waals surface area contributed by atoms with Crippen molar-refractivity contribution in [3.63, 3.8) is 0 Å². The van der Waals surface area contributed by atoms with Crippen LogP contribution in [-0.4, -0.2) is 24.1 Å². The summed E-state index contributed by atoms with van der Waals surface area (Å²) in [5.41, 5.74) is 1.09. The quantitative estimate of drug-likeness (QED) is 0.574. The Bertz CT molecular complexity index is 849. The Balaban J connectivity index is 2.32. The molecule has 0 bridgehead atoms. The molecule has 3 rings (SSSR count). The molecule has 0 atom stereocenters. The Hall–Kier alpha value is -2.33. The van der Waals surface area contributed by atoms with Crippen molar-refractivity contribution >= 4 is 21.7 Å². The summed E-state index contributed by atoms with van der Waals surface area (Å²) in [5.74, 6) is 0.0872. The van der Waals surface area contributed by atoms with Crippen molar-refractivity contribution in [1.82, 2.24) is 4.90 Å². The summed E-state index contributed by atoms with van der Waals surface area (Å²) in [6.07, 6.45) is 0. The highest BCUT2D eigenvalue weighted by Gasteiger charge is 2.09. The molecule has 0 spiro atoms. The minimum Gasteiger partial charge on any atom is -0.508 e. The van der Waals surface area contributed by atoms with Crippen LogP contribution >= 0.6 is 0 Å². The summed E-state index contributed by atoms with van der Waals surface area (Å²) in [6.45, 7) is 0.767. The van der Waals surface area contributed by atoms with Gasteiger partial charge in [-0.25, -0.2) is 4.79 Å². The Kier molecular flexibility index (Phi) is 2.95. The molecule has 0 amide bonds. The van der Waals surface area contributed by atoms with E-state index in [-0.39, 0.29) is 11.4 Å². The van der Waals surface area contributed by atoms with Crippen molar-refractivity contribution in [2.24, 2.45) is 0 Å². The second kappa shape index (κ2) is 4.65. The van der Waals surface area contributed by atoms with Crippen LogP contribution in [0.5, 0.6) is 5.75 Å². The van der Waals surface area contributed by atoms with Crippen molar-refractivity contribution in [2.45, 2.75) is 6.54 Å². The Morgan fingerprint density at radius 3 is 2.55 bits per heavy atom. The smallest absolute Gasteiger partial charge is 0.344 e. The standard InChI is InChI=1S/C16H15NO3/c1-17(2)9-10-3-5-12-13-6-4-11(18)8-15(13)20-16(19)14(12)7-10/h3-8,18H,9H2,1-2H3. The topological polar surface area (TPSA) is 53.7 Å². The van der Waals surface area contributed by atoms with Crippen LogP contribution in [0.25, 0.3) is 21.7 Å². The molecule has 20 heavy (non-hydrogen) atoms. The highest BCUT2D eigenvalue weighted by molar-refractivity contribution is 6.04. The molecule has 0 radical (unpaired) electrons. The number of fused-ring (bicyclic) bond motifs is 3. The number of rotatable bonds is 2. The molecule has 3 aromatic rings. The third-order valence-electron chi connectivity index (χ3n) is 3.26. The van der Waals surface area contributed by atoms with Crippen LogP contribution in [0.2, 0.25) is 0 Å². The van der Waals surface area contributed by atoms with Crippen LogP contribution in [0.3, 0.4) is 0 Å². The van der Waals surface area contributed by atoms with E-state index in [4.69, 9.17) is 4.42 Å². The lowest BCUT2D eigenvalue weighted by Gasteiger charge is -2.10. The first-order chi connectivity index (χ1) is 9.54. The van der Waals surface area contributed by atoms with Gasteiger partial charge in [-0.05, 0) is 43.2 Å². The van der Waals surface area contributed by atoms with Gasteiger partial charge in [0.1, 0.15) is 11.3 Å². The molecular weight excluding hydrogens is 254 g/mol. The van der Waals surface area contributed by atoms with E-state index in [1.807, 2.05) is 37.2 Å². The SMILES string of the molecule is CN(C)Cc1ccc2c(c1)c(=O)oc1cc(O)ccc12. The zero-order chi connectivity index (χ0) is 14.3. The van der Waals surface area contributed by atoms with Crippen molar-refractivity contribution in [3.05, 3.63) is 52.4 Å². The number of hydrogen-bond donors (Lipinski definition) is 1. The van der Waals surface area contributed by atoms with Crippen molar-refractivity contribution < 1.29 is 9.52 Å². The molecule has 1 heterocycles. The normalized spacial score (nSPS) is 11.6. The average molecular weight is 269 g/mol. The minimum atomic E-state index is -0.376. The monoisotopic (exact) mass is 269 g/mol. The van der Waals surface area contributed by atoms with Gasteiger partial charge in [-0.15, -0.1) is 0 Å². The molecule has 1 N–H and O–H groups in total. The van der Waals surface area contributed by atoms with Gasteiger partial charge in [0.2, 0.25) is 0 Å². The van der Waals surface area contributed by atoms with Crippen LogP contribution in [0.15, 0.2) is 45.6 Å². The summed E-state index contributed by atoms with van der Waals surface area (Å²) in [4.78, 5) is 14.1. The fourth-order valence-electron chi connectivity index (χ4n) is 2.43. The molecular formula is C16H15NO3. The predicted molar refractivity (Wildman–Crippen MR) is 79.0 cm³/mol. The van der Waals surface area contributed by atoms with E-state index in [0.717, 1.165) is 22.9 Å². The number of nitrogens with zero attached hydrogens (tertiary/aromatic N) is 1. The van der Waals surface area contributed by atoms with Gasteiger partial charge in [-0.3, -0.25) is 0 Å². The maximum absolute atomic E-state index is 12.1. The summed E-state index contributed by atoms with van der Waals surface area (Å²) >= 11 is 0. The molecule has 4 heteroatoms. The molecule has 102 valence electrons. The maximum atomic E-state index is 12.1. The van der Waals surface area contributed by atoms with E-state index >= 15 is 0 Å². The number of phenols is 1. The van der Waals surface area contributed by atoms with E-state index in [1.54, 1.807) is 12.1 Å². The number of aromatic hydroxyl groups is 1. The molecule has 0 saturated heterocycles. The fourth-order valence-corrected chi connectivity index (χ4v) is 2.43. The van der Waals surface area contributed by atoms with Gasteiger partial charge in [0.25, 0.3) is 0 Å². The van der Waals surface area contributed by atoms with E-state index in [1.165, 1.54) is 6.07 Å². The van der Waals surface area contributed by atoms with Crippen molar-refractivity contribution in [2.75, 3.05) is 14.1 Å². The van der Waals surface area contributed by atoms with E-state index in [2.05, 4.69) is 0 Å². The second-order valence-electron chi connectivity index (χ2n) is 5.19. The highest BCUT2D eigenvalue weighted by atomic mass is 16.4. The van der Waals surface area contributed by atoms with Crippen molar-refractivity contribution in [3.8, 4) is 5.75 Å². The Labute approximate surface area is 115 Å². The van der Waals surface area contributed by atoms with Gasteiger partial charge in [0, 0.05) is 18.0 Å². The molecule has 1 aromatic heterocycles. The molecule has 0 aliphatic rings. The lowest BCUT2D eigenvalue weighted by molar-refractivity contribution is 0.402. The number of benzene rings is 2. The molecule has 0 saturated carbocycles. The number of phenolic OH excluding ortho intramolecular Hbond substituents is 1. The first kappa shape index (κ1) is 12.7. The zero-order valence-electron chi connectivity index (χ0n) is 11.4. The lowest BCUT2D eigenvalue weighted by atomic mass is 10.0. The van der Waals surface area contributed by atoms with Gasteiger partial charge < -0.3 is 14.4 Å². The Morgan fingerprint density at radius 1 is 1.05 bits per heavy atom. The van der Waals surface area contributed by atoms with Crippen LogP contribution in [-0.2, 0) is 6.54 Å². The van der Waals surface area contributed by atoms with E-state index < -0.39 is 0 Å². The van der Waals surface area contributed by atoms with E-state index in [0.29, 0.717) is 11.0 Å². The Morgan fingerprint density at radius 2 is 1.80 bits per heavy atom. The first-order valence-corrected chi connectivity index (χ1v) is 6.38. The van der Waals surface area contributed by atoms with Crippen LogP contribution in [0.1, 0.15) is 5.56 Å². The van der Waals surface area contributed by atoms with Gasteiger partial charge in [0.15, 0.2) is 0 Å². The predicted octanol–water partition coefficient (Wildman–Crippen LogP) is 2.71. The zero-order valence-corrected chi connectivity index (χ0v) is 11.4. The first-order valence-electron chi connectivity index (χ1n) is 6.38. The minimum absolute atomic E-state index is 0.0872. The van der Waals surface area contributed by atoms with Crippen molar-refractivity contribution in [1.29, 1.82) is 0 Å². The third kappa shape index (κ3) is 2.14. The van der Waals surface area contributed by atoms with Crippen LogP contribution in [0.4, 0.5) is 0 Å². The fraction of sp³-hybridized carbons (Fsp3) is 0.188. The van der Waals surface area contributed by atoms with Crippen LogP contribution < -0.4 is 5.63 Å². The largest absolute Gasteiger partial charge is 0.508 e.